The van der Waals surface area contributed by atoms with Gasteiger partial charge >= 0.3 is 0 Å². The highest BCUT2D eigenvalue weighted by Crippen LogP contribution is 2.22. The number of para-hydroxylation sites is 1. The maximum atomic E-state index is 11.8. The van der Waals surface area contributed by atoms with Crippen molar-refractivity contribution in [3.05, 3.63) is 59.1 Å². The lowest BCUT2D eigenvalue weighted by atomic mass is 10.2. The van der Waals surface area contributed by atoms with Crippen molar-refractivity contribution in [2.24, 2.45) is 0 Å². The highest BCUT2D eigenvalue weighted by Gasteiger charge is 2.07. The molecular formula is C16H12ClN3O2S. The predicted octanol–water partition coefficient (Wildman–Crippen LogP) is 3.10. The monoisotopic (exact) mass is 345 g/mol. The molecule has 1 amide bonds. The number of nitrogens with one attached hydrogen (secondary N) is 2. The molecule has 0 aliphatic carbocycles. The lowest BCUT2D eigenvalue weighted by Crippen LogP contribution is -2.37. The molecule has 0 unspecified atom stereocenters. The number of benzene rings is 2. The van der Waals surface area contributed by atoms with E-state index >= 15 is 0 Å². The van der Waals surface area contributed by atoms with Gasteiger partial charge in [0.1, 0.15) is 5.75 Å². The van der Waals surface area contributed by atoms with Crippen LogP contribution in [-0.2, 0) is 4.79 Å². The molecule has 7 heteroatoms. The van der Waals surface area contributed by atoms with Crippen LogP contribution in [0.5, 0.6) is 5.75 Å². The number of carbonyl (C=O) groups is 1. The van der Waals surface area contributed by atoms with E-state index in [-0.39, 0.29) is 11.7 Å². The van der Waals surface area contributed by atoms with Crippen LogP contribution in [0.15, 0.2) is 48.5 Å². The van der Waals surface area contributed by atoms with Crippen LogP contribution in [0.2, 0.25) is 5.02 Å². The molecule has 0 spiro atoms. The summed E-state index contributed by atoms with van der Waals surface area (Å²) in [5.74, 6) is 0.0198. The number of amides is 1. The minimum absolute atomic E-state index is 0.141. The van der Waals surface area contributed by atoms with Crippen LogP contribution >= 0.6 is 23.8 Å². The predicted molar refractivity (Wildman–Crippen MR) is 92.5 cm³/mol. The molecule has 0 aliphatic heterocycles. The topological polar surface area (TPSA) is 74.2 Å². The van der Waals surface area contributed by atoms with Gasteiger partial charge in [0.15, 0.2) is 11.7 Å². The van der Waals surface area contributed by atoms with Gasteiger partial charge in [0, 0.05) is 5.69 Å². The van der Waals surface area contributed by atoms with Crippen LogP contribution in [0.3, 0.4) is 0 Å². The van der Waals surface area contributed by atoms with Crippen LogP contribution < -0.4 is 15.4 Å². The Bertz CT molecular complexity index is 757. The first-order valence-electron chi connectivity index (χ1n) is 6.57. The van der Waals surface area contributed by atoms with Gasteiger partial charge in [-0.05, 0) is 48.6 Å². The van der Waals surface area contributed by atoms with Crippen molar-refractivity contribution >= 4 is 40.5 Å². The number of nitriles is 1. The van der Waals surface area contributed by atoms with Gasteiger partial charge in [-0.1, -0.05) is 23.7 Å². The number of ether oxygens (including phenoxy) is 1. The molecule has 2 N–H and O–H groups in total. The molecule has 2 aromatic rings. The highest BCUT2D eigenvalue weighted by atomic mass is 35.5. The van der Waals surface area contributed by atoms with E-state index in [1.807, 2.05) is 6.07 Å². The molecule has 0 saturated heterocycles. The van der Waals surface area contributed by atoms with Crippen molar-refractivity contribution in [2.45, 2.75) is 0 Å². The summed E-state index contributed by atoms with van der Waals surface area (Å²) in [4.78, 5) is 11.8. The van der Waals surface area contributed by atoms with E-state index in [4.69, 9.17) is 33.8 Å². The Morgan fingerprint density at radius 3 is 2.57 bits per heavy atom. The first-order valence-corrected chi connectivity index (χ1v) is 7.35. The third-order valence-electron chi connectivity index (χ3n) is 2.72. The summed E-state index contributed by atoms with van der Waals surface area (Å²) in [5.41, 5.74) is 1.21. The quantitative estimate of drug-likeness (QED) is 0.833. The second-order valence-corrected chi connectivity index (χ2v) is 5.23. The van der Waals surface area contributed by atoms with Gasteiger partial charge < -0.3 is 10.1 Å². The minimum atomic E-state index is -0.406. The molecule has 2 aromatic carbocycles. The molecule has 5 nitrogen and oxygen atoms in total. The molecule has 2 rings (SSSR count). The Labute approximate surface area is 143 Å². The SMILES string of the molecule is N#Cc1ccc(NC(=S)NC(=O)COc2ccccc2Cl)cc1. The molecule has 0 aliphatic rings. The van der Waals surface area contributed by atoms with E-state index in [1.54, 1.807) is 48.5 Å². The number of thiocarbonyl (C=S) groups is 1. The maximum Gasteiger partial charge on any atom is 0.264 e. The Morgan fingerprint density at radius 1 is 1.22 bits per heavy atom. The van der Waals surface area contributed by atoms with Crippen molar-refractivity contribution in [1.29, 1.82) is 5.26 Å². The fourth-order valence-corrected chi connectivity index (χ4v) is 2.08. The van der Waals surface area contributed by atoms with E-state index in [0.29, 0.717) is 22.0 Å². The lowest BCUT2D eigenvalue weighted by Gasteiger charge is -2.11. The first kappa shape index (κ1) is 16.7. The minimum Gasteiger partial charge on any atom is -0.482 e. The molecule has 0 aromatic heterocycles. The summed E-state index contributed by atoms with van der Waals surface area (Å²) >= 11 is 11.0. The van der Waals surface area contributed by atoms with Gasteiger partial charge in [-0.2, -0.15) is 5.26 Å². The second kappa shape index (κ2) is 8.13. The summed E-state index contributed by atoms with van der Waals surface area (Å²) in [6.07, 6.45) is 0. The lowest BCUT2D eigenvalue weighted by molar-refractivity contribution is -0.121. The molecule has 0 saturated carbocycles. The van der Waals surface area contributed by atoms with Gasteiger partial charge in [-0.15, -0.1) is 0 Å². The normalized spacial score (nSPS) is 9.57. The van der Waals surface area contributed by atoms with Crippen molar-refractivity contribution in [3.63, 3.8) is 0 Å². The number of nitrogens with zero attached hydrogens (tertiary/aromatic N) is 1. The zero-order valence-electron chi connectivity index (χ0n) is 11.9. The van der Waals surface area contributed by atoms with E-state index < -0.39 is 5.91 Å². The average molecular weight is 346 g/mol. The summed E-state index contributed by atoms with van der Waals surface area (Å²) in [7, 11) is 0. The fraction of sp³-hybridized carbons (Fsp3) is 0.0625. The third-order valence-corrected chi connectivity index (χ3v) is 3.24. The number of rotatable bonds is 4. The van der Waals surface area contributed by atoms with Gasteiger partial charge in [-0.3, -0.25) is 10.1 Å². The van der Waals surface area contributed by atoms with Gasteiger partial charge in [0.25, 0.3) is 5.91 Å². The molecule has 116 valence electrons. The van der Waals surface area contributed by atoms with Crippen molar-refractivity contribution in [2.75, 3.05) is 11.9 Å². The second-order valence-electron chi connectivity index (χ2n) is 4.41. The number of hydrogen-bond acceptors (Lipinski definition) is 4. The van der Waals surface area contributed by atoms with Crippen molar-refractivity contribution in [1.82, 2.24) is 5.32 Å². The van der Waals surface area contributed by atoms with E-state index in [2.05, 4.69) is 10.6 Å². The van der Waals surface area contributed by atoms with Crippen LogP contribution in [0.1, 0.15) is 5.56 Å². The fourth-order valence-electron chi connectivity index (χ4n) is 1.66. The number of anilines is 1. The smallest absolute Gasteiger partial charge is 0.264 e. The summed E-state index contributed by atoms with van der Waals surface area (Å²) in [6, 6.07) is 15.6. The van der Waals surface area contributed by atoms with E-state index in [9.17, 15) is 4.79 Å². The third kappa shape index (κ3) is 5.25. The van der Waals surface area contributed by atoms with Crippen LogP contribution in [0.4, 0.5) is 5.69 Å². The number of halogens is 1. The maximum absolute atomic E-state index is 11.8. The Hall–Kier alpha value is -2.62. The Balaban J connectivity index is 1.81. The van der Waals surface area contributed by atoms with Crippen molar-refractivity contribution < 1.29 is 9.53 Å². The van der Waals surface area contributed by atoms with E-state index in [0.717, 1.165) is 0 Å². The standard InChI is InChI=1S/C16H12ClN3O2S/c17-13-3-1-2-4-14(13)22-10-15(21)20-16(23)19-12-7-5-11(9-18)6-8-12/h1-8H,10H2,(H2,19,20,21,23). The van der Waals surface area contributed by atoms with Gasteiger partial charge in [0.05, 0.1) is 16.7 Å². The molecule has 0 heterocycles. The molecule has 0 atom stereocenters. The largest absolute Gasteiger partial charge is 0.482 e. The van der Waals surface area contributed by atoms with Crippen LogP contribution in [0, 0.1) is 11.3 Å². The zero-order valence-corrected chi connectivity index (χ0v) is 13.4. The van der Waals surface area contributed by atoms with Gasteiger partial charge in [-0.25, -0.2) is 0 Å². The molecular weight excluding hydrogens is 334 g/mol. The average Bonchev–Trinajstić information content (AvgIpc) is 2.54. The van der Waals surface area contributed by atoms with Gasteiger partial charge in [0.2, 0.25) is 0 Å². The van der Waals surface area contributed by atoms with Crippen LogP contribution in [-0.4, -0.2) is 17.6 Å². The zero-order chi connectivity index (χ0) is 16.7. The summed E-state index contributed by atoms with van der Waals surface area (Å²) < 4.78 is 5.31. The Morgan fingerprint density at radius 2 is 1.91 bits per heavy atom. The molecule has 0 radical (unpaired) electrons. The number of hydrogen-bond donors (Lipinski definition) is 2. The number of carbonyl (C=O) groups excluding carboxylic acids is 1. The molecule has 0 fully saturated rings. The highest BCUT2D eigenvalue weighted by molar-refractivity contribution is 7.80. The van der Waals surface area contributed by atoms with E-state index in [1.165, 1.54) is 0 Å². The summed E-state index contributed by atoms with van der Waals surface area (Å²) in [5, 5.41) is 14.6. The summed E-state index contributed by atoms with van der Waals surface area (Å²) in [6.45, 7) is -0.209. The Kier molecular flexibility index (Phi) is 5.92. The van der Waals surface area contributed by atoms with Crippen molar-refractivity contribution in [3.8, 4) is 11.8 Å². The van der Waals surface area contributed by atoms with Crippen LogP contribution in [0.25, 0.3) is 0 Å². The molecule has 23 heavy (non-hydrogen) atoms. The molecule has 0 bridgehead atoms. The first-order chi connectivity index (χ1) is 11.1.